The maximum atomic E-state index is 12.1. The van der Waals surface area contributed by atoms with E-state index in [2.05, 4.69) is 20.3 Å². The van der Waals surface area contributed by atoms with E-state index in [1.807, 2.05) is 0 Å². The van der Waals surface area contributed by atoms with Gasteiger partial charge in [-0.05, 0) is 0 Å². The monoisotopic (exact) mass is 329 g/mol. The highest BCUT2D eigenvalue weighted by atomic mass is 32.1. The number of nitrogens with zero attached hydrogens (tertiary/aromatic N) is 4. The van der Waals surface area contributed by atoms with Crippen molar-refractivity contribution in [3.63, 3.8) is 0 Å². The smallest absolute Gasteiger partial charge is 0.339 e. The summed E-state index contributed by atoms with van der Waals surface area (Å²) >= 11 is 1.11. The maximum Gasteiger partial charge on any atom is 0.339 e. The van der Waals surface area contributed by atoms with Crippen LogP contribution in [0.25, 0.3) is 11.3 Å². The lowest BCUT2D eigenvalue weighted by Crippen LogP contribution is -2.14. The molecule has 0 atom stereocenters. The number of hydrogen-bond donors (Lipinski definition) is 2. The summed E-state index contributed by atoms with van der Waals surface area (Å²) in [6, 6.07) is 0. The van der Waals surface area contributed by atoms with Crippen LogP contribution < -0.4 is 5.32 Å². The van der Waals surface area contributed by atoms with Crippen LogP contribution in [0, 0.1) is 0 Å². The first kappa shape index (κ1) is 14.9. The predicted octanol–water partition coefficient (Wildman–Crippen LogP) is 1.89. The highest BCUT2D eigenvalue weighted by Gasteiger charge is 2.22. The molecule has 0 aromatic carbocycles. The average Bonchev–Trinajstić information content (AvgIpc) is 3.14. The highest BCUT2D eigenvalue weighted by molar-refractivity contribution is 7.15. The third kappa shape index (κ3) is 2.94. The van der Waals surface area contributed by atoms with Gasteiger partial charge >= 0.3 is 5.97 Å². The first-order valence-corrected chi connectivity index (χ1v) is 7.34. The molecule has 1 amide bonds. The zero-order valence-corrected chi connectivity index (χ0v) is 12.7. The molecule has 0 fully saturated rings. The van der Waals surface area contributed by atoms with E-state index in [4.69, 9.17) is 0 Å². The largest absolute Gasteiger partial charge is 0.478 e. The number of aryl methyl sites for hydroxylation is 1. The Balaban J connectivity index is 1.96. The normalized spacial score (nSPS) is 10.5. The number of carbonyl (C=O) groups is 2. The lowest BCUT2D eigenvalue weighted by molar-refractivity contribution is 0.0699. The Morgan fingerprint density at radius 2 is 2.13 bits per heavy atom. The van der Waals surface area contributed by atoms with Gasteiger partial charge < -0.3 is 15.0 Å². The summed E-state index contributed by atoms with van der Waals surface area (Å²) in [6.45, 7) is 0. The summed E-state index contributed by atoms with van der Waals surface area (Å²) in [5, 5.41) is 13.9. The minimum Gasteiger partial charge on any atom is -0.478 e. The summed E-state index contributed by atoms with van der Waals surface area (Å²) in [5.41, 5.74) is 1.03. The molecule has 3 rings (SSSR count). The Bertz CT molecular complexity index is 872. The van der Waals surface area contributed by atoms with Gasteiger partial charge in [-0.25, -0.2) is 9.78 Å². The topological polar surface area (TPSA) is 110 Å². The van der Waals surface area contributed by atoms with Crippen molar-refractivity contribution in [1.29, 1.82) is 0 Å². The van der Waals surface area contributed by atoms with Crippen molar-refractivity contribution >= 4 is 28.2 Å². The number of anilines is 1. The molecular formula is C14H11N5O3S. The van der Waals surface area contributed by atoms with Crippen molar-refractivity contribution in [1.82, 2.24) is 19.5 Å². The van der Waals surface area contributed by atoms with Gasteiger partial charge in [0.1, 0.15) is 16.3 Å². The molecule has 3 aromatic heterocycles. The van der Waals surface area contributed by atoms with Gasteiger partial charge in [0.2, 0.25) is 0 Å². The maximum absolute atomic E-state index is 12.1. The zero-order chi connectivity index (χ0) is 16.4. The van der Waals surface area contributed by atoms with Crippen molar-refractivity contribution in [2.75, 3.05) is 5.32 Å². The third-order valence-electron chi connectivity index (χ3n) is 3.01. The van der Waals surface area contributed by atoms with Crippen molar-refractivity contribution < 1.29 is 14.7 Å². The van der Waals surface area contributed by atoms with Crippen LogP contribution in [-0.4, -0.2) is 36.5 Å². The molecule has 9 heteroatoms. The molecular weight excluding hydrogens is 318 g/mol. The van der Waals surface area contributed by atoms with Gasteiger partial charge in [0.15, 0.2) is 0 Å². The lowest BCUT2D eigenvalue weighted by Gasteiger charge is -2.04. The Morgan fingerprint density at radius 1 is 1.30 bits per heavy atom. The standard InChI is InChI=1S/C14H11N5O3S/c1-19-5-10(17-7-19)12(20)18-13-11(14(21)22)8(6-23-13)9-4-15-2-3-16-9/h2-7H,1H3,(H,18,20)(H,21,22). The SMILES string of the molecule is Cn1cnc(C(=O)Nc2scc(-c3cnccn3)c2C(=O)O)c1. The molecule has 0 aliphatic heterocycles. The van der Waals surface area contributed by atoms with Crippen LogP contribution in [0.1, 0.15) is 20.8 Å². The fourth-order valence-corrected chi connectivity index (χ4v) is 2.93. The van der Waals surface area contributed by atoms with E-state index in [-0.39, 0.29) is 16.3 Å². The number of carbonyl (C=O) groups excluding carboxylic acids is 1. The molecule has 116 valence electrons. The number of aromatic carboxylic acids is 1. The molecule has 2 N–H and O–H groups in total. The number of rotatable bonds is 4. The number of amides is 1. The van der Waals surface area contributed by atoms with Gasteiger partial charge in [-0.1, -0.05) is 0 Å². The molecule has 0 saturated carbocycles. The first-order chi connectivity index (χ1) is 11.1. The van der Waals surface area contributed by atoms with Crippen LogP contribution in [-0.2, 0) is 7.05 Å². The summed E-state index contributed by atoms with van der Waals surface area (Å²) < 4.78 is 1.63. The van der Waals surface area contributed by atoms with E-state index in [1.165, 1.54) is 24.9 Å². The van der Waals surface area contributed by atoms with E-state index in [1.54, 1.807) is 23.2 Å². The van der Waals surface area contributed by atoms with Gasteiger partial charge in [-0.2, -0.15) is 0 Å². The van der Waals surface area contributed by atoms with Gasteiger partial charge in [0.25, 0.3) is 5.91 Å². The fraction of sp³-hybridized carbons (Fsp3) is 0.0714. The average molecular weight is 329 g/mol. The molecule has 3 heterocycles. The molecule has 0 radical (unpaired) electrons. The molecule has 0 saturated heterocycles. The Kier molecular flexibility index (Phi) is 3.85. The second-order valence-electron chi connectivity index (χ2n) is 4.63. The first-order valence-electron chi connectivity index (χ1n) is 6.46. The van der Waals surface area contributed by atoms with Crippen molar-refractivity contribution in [2.24, 2.45) is 7.05 Å². The van der Waals surface area contributed by atoms with Gasteiger partial charge in [-0.3, -0.25) is 14.8 Å². The second kappa shape index (κ2) is 5.97. The summed E-state index contributed by atoms with van der Waals surface area (Å²) in [6.07, 6.45) is 7.49. The summed E-state index contributed by atoms with van der Waals surface area (Å²) in [4.78, 5) is 35.7. The number of carboxylic acids is 1. The third-order valence-corrected chi connectivity index (χ3v) is 3.90. The summed E-state index contributed by atoms with van der Waals surface area (Å²) in [7, 11) is 1.74. The number of imidazole rings is 1. The highest BCUT2D eigenvalue weighted by Crippen LogP contribution is 2.34. The van der Waals surface area contributed by atoms with Crippen LogP contribution in [0.3, 0.4) is 0 Å². The van der Waals surface area contributed by atoms with E-state index < -0.39 is 11.9 Å². The van der Waals surface area contributed by atoms with Crippen molar-refractivity contribution in [3.8, 4) is 11.3 Å². The van der Waals surface area contributed by atoms with E-state index in [0.717, 1.165) is 11.3 Å². The minimum atomic E-state index is -1.15. The molecule has 0 bridgehead atoms. The molecule has 3 aromatic rings. The Morgan fingerprint density at radius 3 is 2.74 bits per heavy atom. The Hall–Kier alpha value is -3.07. The van der Waals surface area contributed by atoms with E-state index in [9.17, 15) is 14.7 Å². The number of thiophene rings is 1. The molecule has 0 aliphatic carbocycles. The van der Waals surface area contributed by atoms with Crippen molar-refractivity contribution in [3.05, 3.63) is 47.8 Å². The fourth-order valence-electron chi connectivity index (χ4n) is 1.99. The second-order valence-corrected chi connectivity index (χ2v) is 5.51. The molecule has 0 spiro atoms. The van der Waals surface area contributed by atoms with Crippen molar-refractivity contribution in [2.45, 2.75) is 0 Å². The lowest BCUT2D eigenvalue weighted by atomic mass is 10.1. The van der Waals surface area contributed by atoms with Crippen LogP contribution in [0.15, 0.2) is 36.5 Å². The van der Waals surface area contributed by atoms with Gasteiger partial charge in [-0.15, -0.1) is 11.3 Å². The number of carboxylic acid groups (broad SMARTS) is 1. The van der Waals surface area contributed by atoms with E-state index >= 15 is 0 Å². The van der Waals surface area contributed by atoms with Gasteiger partial charge in [0.05, 0.1) is 18.2 Å². The quantitative estimate of drug-likeness (QED) is 0.756. The molecule has 0 unspecified atom stereocenters. The van der Waals surface area contributed by atoms with E-state index in [0.29, 0.717) is 11.3 Å². The molecule has 23 heavy (non-hydrogen) atoms. The van der Waals surface area contributed by atoms with Crippen LogP contribution in [0.5, 0.6) is 0 Å². The number of hydrogen-bond acceptors (Lipinski definition) is 6. The molecule has 8 nitrogen and oxygen atoms in total. The zero-order valence-electron chi connectivity index (χ0n) is 11.9. The minimum absolute atomic E-state index is 0.0141. The van der Waals surface area contributed by atoms with Crippen LogP contribution in [0.4, 0.5) is 5.00 Å². The molecule has 0 aliphatic rings. The predicted molar refractivity (Wildman–Crippen MR) is 83.5 cm³/mol. The van der Waals surface area contributed by atoms with Crippen LogP contribution >= 0.6 is 11.3 Å². The Labute approximate surface area is 134 Å². The number of nitrogens with one attached hydrogen (secondary N) is 1. The van der Waals surface area contributed by atoms with Crippen LogP contribution in [0.2, 0.25) is 0 Å². The van der Waals surface area contributed by atoms with Gasteiger partial charge in [0, 0.05) is 36.6 Å². The number of aromatic nitrogens is 4. The summed E-state index contributed by atoms with van der Waals surface area (Å²) in [5.74, 6) is -1.62.